The number of fused-ring (bicyclic) bond motifs is 5. The Labute approximate surface area is 148 Å². The summed E-state index contributed by atoms with van der Waals surface area (Å²) in [6.07, 6.45) is 4.49. The number of carbonyl (C=O) groups is 1. The highest BCUT2D eigenvalue weighted by Gasteiger charge is 2.62. The van der Waals surface area contributed by atoms with E-state index in [4.69, 9.17) is 0 Å². The molecule has 0 aliphatic heterocycles. The normalized spacial score (nSPS) is 54.9. The van der Waals surface area contributed by atoms with Crippen LogP contribution in [0.1, 0.15) is 52.4 Å². The van der Waals surface area contributed by atoms with Gasteiger partial charge in [0.05, 0.1) is 24.2 Å². The van der Waals surface area contributed by atoms with Crippen LogP contribution in [0.2, 0.25) is 0 Å². The Bertz CT molecular complexity index is 615. The molecule has 4 N–H and O–H groups in total. The minimum atomic E-state index is -0.943. The maximum absolute atomic E-state index is 11.6. The molecule has 4 unspecified atom stereocenters. The lowest BCUT2D eigenvalue weighted by Crippen LogP contribution is -2.58. The molecular formula is C20H30O5. The van der Waals surface area contributed by atoms with Gasteiger partial charge in [0, 0.05) is 0 Å². The summed E-state index contributed by atoms with van der Waals surface area (Å²) in [4.78, 5) is 11.6. The predicted octanol–water partition coefficient (Wildman–Crippen LogP) is 1.95. The van der Waals surface area contributed by atoms with E-state index >= 15 is 0 Å². The summed E-state index contributed by atoms with van der Waals surface area (Å²) in [5.41, 5.74) is 0.516. The Morgan fingerprint density at radius 1 is 1.12 bits per heavy atom. The molecule has 0 heterocycles. The maximum atomic E-state index is 11.6. The Morgan fingerprint density at radius 3 is 2.52 bits per heavy atom. The SMILES string of the molecule is C[C@]12CC(C(=O)O)C(O)CC1=CC[C@@H]1[C@H]2C(O)C[C@]2(C)C(O)CC[C@@H]12. The van der Waals surface area contributed by atoms with Gasteiger partial charge in [-0.2, -0.15) is 0 Å². The zero-order chi connectivity index (χ0) is 18.1. The first-order valence-electron chi connectivity index (χ1n) is 9.65. The van der Waals surface area contributed by atoms with Crippen LogP contribution in [0.4, 0.5) is 0 Å². The van der Waals surface area contributed by atoms with Gasteiger partial charge < -0.3 is 20.4 Å². The highest BCUT2D eigenvalue weighted by Crippen LogP contribution is 2.65. The zero-order valence-corrected chi connectivity index (χ0v) is 15.1. The smallest absolute Gasteiger partial charge is 0.309 e. The van der Waals surface area contributed by atoms with Crippen molar-refractivity contribution in [3.8, 4) is 0 Å². The summed E-state index contributed by atoms with van der Waals surface area (Å²) in [6, 6.07) is 0. The number of hydrogen-bond acceptors (Lipinski definition) is 4. The van der Waals surface area contributed by atoms with Crippen LogP contribution in [0.5, 0.6) is 0 Å². The Balaban J connectivity index is 1.73. The molecule has 0 bridgehead atoms. The van der Waals surface area contributed by atoms with Crippen molar-refractivity contribution in [1.29, 1.82) is 0 Å². The molecule has 0 spiro atoms. The van der Waals surface area contributed by atoms with E-state index in [1.807, 2.05) is 0 Å². The maximum Gasteiger partial charge on any atom is 0.309 e. The van der Waals surface area contributed by atoms with Crippen LogP contribution in [0, 0.1) is 34.5 Å². The van der Waals surface area contributed by atoms with E-state index in [1.54, 1.807) is 0 Å². The molecule has 0 aromatic rings. The lowest BCUT2D eigenvalue weighted by atomic mass is 9.46. The fourth-order valence-electron chi connectivity index (χ4n) is 7.08. The fraction of sp³-hybridized carbons (Fsp3) is 0.850. The number of hydrogen-bond donors (Lipinski definition) is 4. The van der Waals surface area contributed by atoms with Crippen LogP contribution < -0.4 is 0 Å². The summed E-state index contributed by atoms with van der Waals surface area (Å²) in [5.74, 6) is -1.04. The monoisotopic (exact) mass is 350 g/mol. The average Bonchev–Trinajstić information content (AvgIpc) is 2.82. The van der Waals surface area contributed by atoms with E-state index < -0.39 is 24.1 Å². The van der Waals surface area contributed by atoms with Gasteiger partial charge >= 0.3 is 5.97 Å². The van der Waals surface area contributed by atoms with Crippen molar-refractivity contribution in [2.75, 3.05) is 0 Å². The van der Waals surface area contributed by atoms with Gasteiger partial charge in [-0.25, -0.2) is 0 Å². The fourth-order valence-corrected chi connectivity index (χ4v) is 7.08. The molecule has 140 valence electrons. The largest absolute Gasteiger partial charge is 0.481 e. The predicted molar refractivity (Wildman–Crippen MR) is 91.6 cm³/mol. The second-order valence-corrected chi connectivity index (χ2v) is 9.47. The second kappa shape index (κ2) is 5.54. The number of carboxylic acid groups (broad SMARTS) is 1. The lowest BCUT2D eigenvalue weighted by Gasteiger charge is -2.59. The molecule has 4 rings (SSSR count). The van der Waals surface area contributed by atoms with E-state index in [0.29, 0.717) is 25.2 Å². The number of aliphatic hydroxyl groups is 3. The van der Waals surface area contributed by atoms with Crippen molar-refractivity contribution in [2.45, 2.75) is 70.7 Å². The quantitative estimate of drug-likeness (QED) is 0.542. The summed E-state index contributed by atoms with van der Waals surface area (Å²) in [6.45, 7) is 4.20. The first kappa shape index (κ1) is 17.5. The minimum absolute atomic E-state index is 0.0187. The van der Waals surface area contributed by atoms with Gasteiger partial charge in [0.1, 0.15) is 0 Å². The van der Waals surface area contributed by atoms with Crippen molar-refractivity contribution in [1.82, 2.24) is 0 Å². The highest BCUT2D eigenvalue weighted by molar-refractivity contribution is 5.71. The van der Waals surface area contributed by atoms with Crippen molar-refractivity contribution < 1.29 is 25.2 Å². The van der Waals surface area contributed by atoms with Gasteiger partial charge in [-0.15, -0.1) is 0 Å². The molecule has 5 heteroatoms. The summed E-state index contributed by atoms with van der Waals surface area (Å²) < 4.78 is 0. The summed E-state index contributed by atoms with van der Waals surface area (Å²) in [7, 11) is 0. The van der Waals surface area contributed by atoms with Gasteiger partial charge in [-0.05, 0) is 67.1 Å². The van der Waals surface area contributed by atoms with Crippen LogP contribution in [-0.4, -0.2) is 44.7 Å². The molecular weight excluding hydrogens is 320 g/mol. The molecule has 4 aliphatic rings. The molecule has 5 nitrogen and oxygen atoms in total. The van der Waals surface area contributed by atoms with Crippen molar-refractivity contribution in [3.05, 3.63) is 11.6 Å². The molecule has 0 aromatic heterocycles. The van der Waals surface area contributed by atoms with E-state index in [0.717, 1.165) is 24.8 Å². The number of carboxylic acids is 1. The molecule has 0 amide bonds. The minimum Gasteiger partial charge on any atom is -0.481 e. The summed E-state index contributed by atoms with van der Waals surface area (Å²) in [5, 5.41) is 41.4. The number of rotatable bonds is 1. The van der Waals surface area contributed by atoms with Crippen molar-refractivity contribution >= 4 is 5.97 Å². The Kier molecular flexibility index (Phi) is 3.88. The first-order chi connectivity index (χ1) is 11.7. The van der Waals surface area contributed by atoms with Crippen LogP contribution in [0.25, 0.3) is 0 Å². The van der Waals surface area contributed by atoms with Gasteiger partial charge in [-0.3, -0.25) is 4.79 Å². The van der Waals surface area contributed by atoms with Crippen LogP contribution in [0.15, 0.2) is 11.6 Å². The Morgan fingerprint density at radius 2 is 1.84 bits per heavy atom. The topological polar surface area (TPSA) is 98.0 Å². The van der Waals surface area contributed by atoms with Crippen molar-refractivity contribution in [3.63, 3.8) is 0 Å². The molecule has 0 radical (unpaired) electrons. The number of aliphatic carboxylic acids is 1. The molecule has 3 saturated carbocycles. The molecule has 0 aromatic carbocycles. The van der Waals surface area contributed by atoms with Crippen LogP contribution in [-0.2, 0) is 4.79 Å². The van der Waals surface area contributed by atoms with Gasteiger partial charge in [-0.1, -0.05) is 25.5 Å². The van der Waals surface area contributed by atoms with Gasteiger partial charge in [0.25, 0.3) is 0 Å². The molecule has 3 fully saturated rings. The third-order valence-electron chi connectivity index (χ3n) is 8.36. The third kappa shape index (κ3) is 2.28. The Hall–Kier alpha value is -0.910. The molecule has 25 heavy (non-hydrogen) atoms. The molecule has 4 aliphatic carbocycles. The van der Waals surface area contributed by atoms with Crippen molar-refractivity contribution in [2.24, 2.45) is 34.5 Å². The van der Waals surface area contributed by atoms with E-state index in [9.17, 15) is 25.2 Å². The lowest BCUT2D eigenvalue weighted by molar-refractivity contribution is -0.159. The average molecular weight is 350 g/mol. The molecule has 9 atom stereocenters. The van der Waals surface area contributed by atoms with E-state index in [1.165, 1.54) is 0 Å². The summed E-state index contributed by atoms with van der Waals surface area (Å²) >= 11 is 0. The van der Waals surface area contributed by atoms with E-state index in [2.05, 4.69) is 19.9 Å². The van der Waals surface area contributed by atoms with Gasteiger partial charge in [0.15, 0.2) is 0 Å². The zero-order valence-electron chi connectivity index (χ0n) is 15.1. The van der Waals surface area contributed by atoms with Crippen LogP contribution >= 0.6 is 0 Å². The standard InChI is InChI=1S/C20H30O5/c1-19-8-12(18(24)25)14(21)7-10(19)3-4-11-13-5-6-16(23)20(13,2)9-15(22)17(11)19/h3,11-17,21-23H,4-9H2,1-2H3,(H,24,25)/t11-,12?,13-,14?,15?,16?,17-,19-,20-/m0/s1. The molecule has 0 saturated heterocycles. The first-order valence-corrected chi connectivity index (χ1v) is 9.65. The number of aliphatic hydroxyl groups excluding tert-OH is 3. The van der Waals surface area contributed by atoms with Gasteiger partial charge in [0.2, 0.25) is 0 Å². The highest BCUT2D eigenvalue weighted by atomic mass is 16.4. The van der Waals surface area contributed by atoms with Crippen LogP contribution in [0.3, 0.4) is 0 Å². The second-order valence-electron chi connectivity index (χ2n) is 9.47. The number of allylic oxidation sites excluding steroid dienone is 1. The van der Waals surface area contributed by atoms with E-state index in [-0.39, 0.29) is 28.8 Å². The third-order valence-corrected chi connectivity index (χ3v) is 8.36.